The molecule has 0 unspecified atom stereocenters. The Morgan fingerprint density at radius 2 is 1.87 bits per heavy atom. The van der Waals surface area contributed by atoms with Gasteiger partial charge in [-0.2, -0.15) is 5.10 Å². The maximum atomic E-state index is 13.0. The number of aryl methyl sites for hydroxylation is 2. The zero-order valence-electron chi connectivity index (χ0n) is 16.9. The molecule has 0 atom stereocenters. The van der Waals surface area contributed by atoms with Crippen LogP contribution in [0.5, 0.6) is 0 Å². The fraction of sp³-hybridized carbons (Fsp3) is 0.174. The van der Waals surface area contributed by atoms with E-state index in [1.165, 1.54) is 5.56 Å². The van der Waals surface area contributed by atoms with Gasteiger partial charge in [-0.15, -0.1) is 0 Å². The second-order valence-corrected chi connectivity index (χ2v) is 7.55. The van der Waals surface area contributed by atoms with Gasteiger partial charge in [-0.3, -0.25) is 4.79 Å². The van der Waals surface area contributed by atoms with Crippen LogP contribution in [0, 0.1) is 13.8 Å². The highest BCUT2D eigenvalue weighted by atomic mass is 35.5. The number of methoxy groups -OCH3 is 1. The Bertz CT molecular complexity index is 1230. The molecule has 0 spiro atoms. The number of aromatic nitrogens is 3. The summed E-state index contributed by atoms with van der Waals surface area (Å²) >= 11 is 5.99. The molecule has 152 valence electrons. The normalized spacial score (nSPS) is 11.1. The number of fused-ring (bicyclic) bond motifs is 1. The number of hydrogen-bond acceptors (Lipinski definition) is 4. The average Bonchev–Trinajstić information content (AvgIpc) is 3.16. The molecule has 0 bridgehead atoms. The molecule has 0 aliphatic carbocycles. The Labute approximate surface area is 179 Å². The molecule has 2 aromatic carbocycles. The van der Waals surface area contributed by atoms with Crippen LogP contribution >= 0.6 is 11.6 Å². The Morgan fingerprint density at radius 1 is 1.10 bits per heavy atom. The van der Waals surface area contributed by atoms with Gasteiger partial charge in [0.25, 0.3) is 5.91 Å². The zero-order chi connectivity index (χ0) is 21.3. The molecule has 1 N–H and O–H groups in total. The Kier molecular flexibility index (Phi) is 5.53. The van der Waals surface area contributed by atoms with Crippen molar-refractivity contribution in [1.82, 2.24) is 14.6 Å². The predicted molar refractivity (Wildman–Crippen MR) is 118 cm³/mol. The summed E-state index contributed by atoms with van der Waals surface area (Å²) in [5.74, 6) is -0.261. The van der Waals surface area contributed by atoms with Gasteiger partial charge in [-0.05, 0) is 49.2 Å². The standard InChI is InChI=1S/C23H21ClN4O2/c1-14-4-9-18(10-15(14)2)26-23(29)19-12-25-22-11-20(16-5-7-17(24)8-6-16)27-28(22)21(19)13-30-3/h4-12H,13H2,1-3H3,(H,26,29). The molecule has 30 heavy (non-hydrogen) atoms. The molecule has 4 aromatic rings. The molecular weight excluding hydrogens is 400 g/mol. The Morgan fingerprint density at radius 3 is 2.57 bits per heavy atom. The van der Waals surface area contributed by atoms with Crippen molar-refractivity contribution in [3.63, 3.8) is 0 Å². The highest BCUT2D eigenvalue weighted by Gasteiger charge is 2.18. The van der Waals surface area contributed by atoms with Crippen molar-refractivity contribution in [1.29, 1.82) is 0 Å². The van der Waals surface area contributed by atoms with Crippen molar-refractivity contribution in [3.8, 4) is 11.3 Å². The summed E-state index contributed by atoms with van der Waals surface area (Å²) in [6.45, 7) is 4.26. The van der Waals surface area contributed by atoms with Gasteiger partial charge in [-0.25, -0.2) is 9.50 Å². The van der Waals surface area contributed by atoms with E-state index < -0.39 is 0 Å². The molecule has 0 saturated heterocycles. The van der Waals surface area contributed by atoms with Crippen LogP contribution in [0.2, 0.25) is 5.02 Å². The van der Waals surface area contributed by atoms with Crippen LogP contribution in [0.3, 0.4) is 0 Å². The number of carbonyl (C=O) groups excluding carboxylic acids is 1. The smallest absolute Gasteiger partial charge is 0.259 e. The number of rotatable bonds is 5. The summed E-state index contributed by atoms with van der Waals surface area (Å²) < 4.78 is 7.01. The van der Waals surface area contributed by atoms with Crippen LogP contribution in [0.15, 0.2) is 54.7 Å². The monoisotopic (exact) mass is 420 g/mol. The summed E-state index contributed by atoms with van der Waals surface area (Å²) in [7, 11) is 1.58. The lowest BCUT2D eigenvalue weighted by Crippen LogP contribution is -2.18. The number of ether oxygens (including phenoxy) is 1. The molecule has 0 aliphatic heterocycles. The van der Waals surface area contributed by atoms with E-state index in [1.54, 1.807) is 17.8 Å². The summed E-state index contributed by atoms with van der Waals surface area (Å²) in [6, 6.07) is 15.1. The SMILES string of the molecule is COCc1c(C(=O)Nc2ccc(C)c(C)c2)cnc2cc(-c3ccc(Cl)cc3)nn12. The third-order valence-corrected chi connectivity index (χ3v) is 5.27. The minimum absolute atomic E-state index is 0.219. The van der Waals surface area contributed by atoms with Crippen molar-refractivity contribution in [2.24, 2.45) is 0 Å². The number of nitrogens with zero attached hydrogens (tertiary/aromatic N) is 3. The van der Waals surface area contributed by atoms with E-state index in [0.29, 0.717) is 21.9 Å². The fourth-order valence-corrected chi connectivity index (χ4v) is 3.35. The fourth-order valence-electron chi connectivity index (χ4n) is 3.23. The number of halogens is 1. The van der Waals surface area contributed by atoms with Gasteiger partial charge in [0, 0.05) is 35.6 Å². The van der Waals surface area contributed by atoms with E-state index in [9.17, 15) is 4.79 Å². The number of carbonyl (C=O) groups is 1. The van der Waals surface area contributed by atoms with E-state index in [1.807, 2.05) is 62.4 Å². The molecule has 0 aliphatic rings. The van der Waals surface area contributed by atoms with Crippen molar-refractivity contribution in [2.75, 3.05) is 12.4 Å². The highest BCUT2D eigenvalue weighted by molar-refractivity contribution is 6.30. The van der Waals surface area contributed by atoms with Crippen LogP contribution in [0.4, 0.5) is 5.69 Å². The topological polar surface area (TPSA) is 68.5 Å². The molecule has 6 nitrogen and oxygen atoms in total. The van der Waals surface area contributed by atoms with Crippen LogP contribution in [0.25, 0.3) is 16.9 Å². The van der Waals surface area contributed by atoms with E-state index >= 15 is 0 Å². The largest absolute Gasteiger partial charge is 0.378 e. The Balaban J connectivity index is 1.73. The number of hydrogen-bond donors (Lipinski definition) is 1. The van der Waals surface area contributed by atoms with E-state index in [2.05, 4.69) is 15.4 Å². The number of amides is 1. The highest BCUT2D eigenvalue weighted by Crippen LogP contribution is 2.23. The lowest BCUT2D eigenvalue weighted by atomic mass is 10.1. The minimum Gasteiger partial charge on any atom is -0.378 e. The van der Waals surface area contributed by atoms with Gasteiger partial charge in [0.2, 0.25) is 0 Å². The van der Waals surface area contributed by atoms with Gasteiger partial charge in [0.1, 0.15) is 0 Å². The second-order valence-electron chi connectivity index (χ2n) is 7.11. The molecule has 1 amide bonds. The third kappa shape index (κ3) is 3.92. The molecule has 2 aromatic heterocycles. The summed E-state index contributed by atoms with van der Waals surface area (Å²) in [6.07, 6.45) is 1.56. The number of nitrogens with one attached hydrogen (secondary N) is 1. The molecule has 0 saturated carbocycles. The molecule has 4 rings (SSSR count). The van der Waals surface area contributed by atoms with Crippen LogP contribution in [-0.4, -0.2) is 27.6 Å². The lowest BCUT2D eigenvalue weighted by Gasteiger charge is -2.12. The van der Waals surface area contributed by atoms with Crippen molar-refractivity contribution >= 4 is 28.8 Å². The molecule has 7 heteroatoms. The first-order valence-electron chi connectivity index (χ1n) is 9.47. The molecule has 0 radical (unpaired) electrons. The second kappa shape index (κ2) is 8.26. The molecule has 2 heterocycles. The number of benzene rings is 2. The lowest BCUT2D eigenvalue weighted by molar-refractivity contribution is 0.102. The maximum absolute atomic E-state index is 13.0. The van der Waals surface area contributed by atoms with Crippen molar-refractivity contribution < 1.29 is 9.53 Å². The van der Waals surface area contributed by atoms with Crippen LogP contribution in [-0.2, 0) is 11.3 Å². The Hall–Kier alpha value is -3.22. The van der Waals surface area contributed by atoms with Gasteiger partial charge >= 0.3 is 0 Å². The van der Waals surface area contributed by atoms with Crippen molar-refractivity contribution in [2.45, 2.75) is 20.5 Å². The maximum Gasteiger partial charge on any atom is 0.259 e. The van der Waals surface area contributed by atoms with Crippen LogP contribution in [0.1, 0.15) is 27.2 Å². The van der Waals surface area contributed by atoms with E-state index in [4.69, 9.17) is 16.3 Å². The summed E-state index contributed by atoms with van der Waals surface area (Å²) in [4.78, 5) is 17.4. The van der Waals surface area contributed by atoms with Crippen LogP contribution < -0.4 is 5.32 Å². The summed E-state index contributed by atoms with van der Waals surface area (Å²) in [5, 5.41) is 8.26. The molecular formula is C23H21ClN4O2. The summed E-state index contributed by atoms with van der Waals surface area (Å²) in [5.41, 5.74) is 6.33. The zero-order valence-corrected chi connectivity index (χ0v) is 17.7. The molecule has 0 fully saturated rings. The predicted octanol–water partition coefficient (Wildman–Crippen LogP) is 5.07. The average molecular weight is 421 g/mol. The van der Waals surface area contributed by atoms with E-state index in [-0.39, 0.29) is 12.5 Å². The number of anilines is 1. The first-order valence-corrected chi connectivity index (χ1v) is 9.85. The quantitative estimate of drug-likeness (QED) is 0.489. The first-order chi connectivity index (χ1) is 14.5. The van der Waals surface area contributed by atoms with Crippen molar-refractivity contribution in [3.05, 3.63) is 82.1 Å². The van der Waals surface area contributed by atoms with Gasteiger partial charge < -0.3 is 10.1 Å². The van der Waals surface area contributed by atoms with E-state index in [0.717, 1.165) is 22.5 Å². The first kappa shape index (κ1) is 20.1. The third-order valence-electron chi connectivity index (χ3n) is 5.01. The van der Waals surface area contributed by atoms with Gasteiger partial charge in [0.05, 0.1) is 23.6 Å². The van der Waals surface area contributed by atoms with Gasteiger partial charge in [-0.1, -0.05) is 29.8 Å². The van der Waals surface area contributed by atoms with Gasteiger partial charge in [0.15, 0.2) is 5.65 Å². The minimum atomic E-state index is -0.261.